The second kappa shape index (κ2) is 10.7. The Morgan fingerprint density at radius 2 is 1.09 bits per heavy atom. The third-order valence-corrected chi connectivity index (χ3v) is 7.00. The third-order valence-electron chi connectivity index (χ3n) is 7.00. The highest BCUT2D eigenvalue weighted by molar-refractivity contribution is 5.57. The normalized spacial score (nSPS) is 14.2. The lowest BCUT2D eigenvalue weighted by atomic mass is 9.73. The van der Waals surface area contributed by atoms with Crippen molar-refractivity contribution in [2.24, 2.45) is 4.99 Å². The highest BCUT2D eigenvalue weighted by Gasteiger charge is 2.29. The molecule has 3 rings (SSSR count). The van der Waals surface area contributed by atoms with E-state index in [9.17, 15) is 0 Å². The van der Waals surface area contributed by atoms with Crippen LogP contribution in [-0.2, 0) is 0 Å². The van der Waals surface area contributed by atoms with Gasteiger partial charge in [0.15, 0.2) is 0 Å². The molecule has 2 aromatic rings. The summed E-state index contributed by atoms with van der Waals surface area (Å²) < 4.78 is 0. The lowest BCUT2D eigenvalue weighted by molar-refractivity contribution is 0.439. The summed E-state index contributed by atoms with van der Waals surface area (Å²) in [4.78, 5) is 6.88. The van der Waals surface area contributed by atoms with Crippen LogP contribution in [0.5, 0.6) is 0 Å². The monoisotopic (exact) mass is 432 g/mol. The van der Waals surface area contributed by atoms with Crippen LogP contribution in [0.25, 0.3) is 0 Å². The molecule has 32 heavy (non-hydrogen) atoms. The van der Waals surface area contributed by atoms with E-state index < -0.39 is 0 Å². The molecule has 0 amide bonds. The molecule has 0 aliphatic carbocycles. The van der Waals surface area contributed by atoms with Crippen LogP contribution in [-0.4, -0.2) is 30.9 Å². The Morgan fingerprint density at radius 3 is 1.41 bits per heavy atom. The molecule has 0 aromatic heterocycles. The fourth-order valence-electron chi connectivity index (χ4n) is 5.34. The molecule has 1 aliphatic rings. The van der Waals surface area contributed by atoms with Crippen molar-refractivity contribution in [3.63, 3.8) is 0 Å². The summed E-state index contributed by atoms with van der Waals surface area (Å²) in [5.74, 6) is 2.43. The lowest BCUT2D eigenvalue weighted by Crippen LogP contribution is -2.24. The summed E-state index contributed by atoms with van der Waals surface area (Å²) in [5.41, 5.74) is 9.25. The van der Waals surface area contributed by atoms with Crippen molar-refractivity contribution in [1.29, 1.82) is 0 Å². The van der Waals surface area contributed by atoms with Crippen LogP contribution in [0.2, 0.25) is 0 Å². The average Bonchev–Trinajstić information content (AvgIpc) is 3.27. The van der Waals surface area contributed by atoms with Crippen molar-refractivity contribution in [1.82, 2.24) is 4.90 Å². The second-order valence-corrected chi connectivity index (χ2v) is 10.7. The summed E-state index contributed by atoms with van der Waals surface area (Å²) in [7, 11) is 0. The molecule has 0 unspecified atom stereocenters. The largest absolute Gasteiger partial charge is 0.361 e. The maximum atomic E-state index is 4.47. The van der Waals surface area contributed by atoms with Crippen LogP contribution in [0.3, 0.4) is 0 Å². The number of rotatable bonds is 9. The first-order valence-electron chi connectivity index (χ1n) is 12.7. The Labute approximate surface area is 197 Å². The molecule has 0 saturated carbocycles. The Hall–Kier alpha value is -2.09. The van der Waals surface area contributed by atoms with Crippen LogP contribution in [0.15, 0.2) is 41.4 Å². The molecule has 0 spiro atoms. The first kappa shape index (κ1) is 24.6. The van der Waals surface area contributed by atoms with Crippen molar-refractivity contribution in [2.45, 2.75) is 91.4 Å². The van der Waals surface area contributed by atoms with Crippen LogP contribution < -0.4 is 0 Å². The first-order chi connectivity index (χ1) is 15.2. The van der Waals surface area contributed by atoms with E-state index in [2.05, 4.69) is 108 Å². The second-order valence-electron chi connectivity index (χ2n) is 10.7. The van der Waals surface area contributed by atoms with E-state index in [-0.39, 0.29) is 0 Å². The Bertz CT molecular complexity index is 804. The number of hydrogen-bond donors (Lipinski definition) is 0. The summed E-state index contributed by atoms with van der Waals surface area (Å²) >= 11 is 0. The zero-order chi connectivity index (χ0) is 23.4. The lowest BCUT2D eigenvalue weighted by Gasteiger charge is -2.33. The van der Waals surface area contributed by atoms with Gasteiger partial charge in [-0.15, -0.1) is 0 Å². The van der Waals surface area contributed by atoms with Gasteiger partial charge in [-0.1, -0.05) is 91.8 Å². The molecular weight excluding hydrogens is 388 g/mol. The Kier molecular flexibility index (Phi) is 8.20. The molecular formula is C30H44N2. The van der Waals surface area contributed by atoms with Gasteiger partial charge in [0.25, 0.3) is 0 Å². The van der Waals surface area contributed by atoms with Gasteiger partial charge in [0.1, 0.15) is 0 Å². The molecule has 2 aromatic carbocycles. The molecule has 0 bridgehead atoms. The van der Waals surface area contributed by atoms with Crippen LogP contribution in [0, 0.1) is 0 Å². The van der Waals surface area contributed by atoms with E-state index in [0.717, 1.165) is 26.1 Å². The van der Waals surface area contributed by atoms with Crippen molar-refractivity contribution in [3.8, 4) is 0 Å². The van der Waals surface area contributed by atoms with Crippen LogP contribution >= 0.6 is 0 Å². The Balaban J connectivity index is 2.27. The van der Waals surface area contributed by atoms with Gasteiger partial charge >= 0.3 is 0 Å². The van der Waals surface area contributed by atoms with Crippen molar-refractivity contribution in [2.75, 3.05) is 19.6 Å². The van der Waals surface area contributed by atoms with Gasteiger partial charge in [-0.3, -0.25) is 4.99 Å². The van der Waals surface area contributed by atoms with Crippen LogP contribution in [0.1, 0.15) is 125 Å². The quantitative estimate of drug-likeness (QED) is 0.391. The van der Waals surface area contributed by atoms with Crippen LogP contribution in [0.4, 0.5) is 0 Å². The topological polar surface area (TPSA) is 15.6 Å². The van der Waals surface area contributed by atoms with E-state index in [1.165, 1.54) is 22.3 Å². The molecule has 0 fully saturated rings. The smallest absolute Gasteiger partial charge is 0.0851 e. The zero-order valence-electron chi connectivity index (χ0n) is 21.7. The third kappa shape index (κ3) is 5.27. The van der Waals surface area contributed by atoms with E-state index in [1.807, 2.05) is 0 Å². The van der Waals surface area contributed by atoms with E-state index in [0.29, 0.717) is 29.6 Å². The van der Waals surface area contributed by atoms with Gasteiger partial charge in [-0.2, -0.15) is 0 Å². The molecule has 1 heterocycles. The van der Waals surface area contributed by atoms with Gasteiger partial charge in [0.2, 0.25) is 0 Å². The highest BCUT2D eigenvalue weighted by Crippen LogP contribution is 2.44. The zero-order valence-corrected chi connectivity index (χ0v) is 21.7. The summed E-state index contributed by atoms with van der Waals surface area (Å²) in [6.07, 6.45) is 3.19. The fourth-order valence-corrected chi connectivity index (χ4v) is 5.34. The first-order valence-corrected chi connectivity index (χ1v) is 12.7. The molecule has 0 radical (unpaired) electrons. The fraction of sp³-hybridized carbons (Fsp3) is 0.567. The molecule has 0 N–H and O–H groups in total. The average molecular weight is 433 g/mol. The molecule has 2 heteroatoms. The standard InChI is InChI=1S/C30H44N2/c1-20(2)24-11-9-12-25(21(3)4)29(24)28(15-17-32-18-16-31-19-32)30-26(22(5)6)13-10-14-27(30)23(7)8/h9-14,19-23,28H,15-18H2,1-8H3. The van der Waals surface area contributed by atoms with Crippen molar-refractivity contribution < 1.29 is 0 Å². The van der Waals surface area contributed by atoms with Gasteiger partial charge < -0.3 is 4.90 Å². The van der Waals surface area contributed by atoms with Gasteiger partial charge in [0, 0.05) is 19.0 Å². The number of aliphatic imine (C=N–C) groups is 1. The molecule has 174 valence electrons. The summed E-state index contributed by atoms with van der Waals surface area (Å²) in [6.45, 7) is 21.9. The molecule has 0 saturated heterocycles. The van der Waals surface area contributed by atoms with Crippen molar-refractivity contribution >= 4 is 6.34 Å². The van der Waals surface area contributed by atoms with Gasteiger partial charge in [-0.05, 0) is 63.5 Å². The van der Waals surface area contributed by atoms with E-state index in [4.69, 9.17) is 0 Å². The number of hydrogen-bond acceptors (Lipinski definition) is 2. The molecule has 1 aliphatic heterocycles. The van der Waals surface area contributed by atoms with E-state index in [1.54, 1.807) is 11.1 Å². The minimum Gasteiger partial charge on any atom is -0.361 e. The summed E-state index contributed by atoms with van der Waals surface area (Å²) in [6, 6.07) is 14.1. The molecule has 2 nitrogen and oxygen atoms in total. The summed E-state index contributed by atoms with van der Waals surface area (Å²) in [5, 5.41) is 0. The van der Waals surface area contributed by atoms with Crippen molar-refractivity contribution in [3.05, 3.63) is 69.8 Å². The van der Waals surface area contributed by atoms with Gasteiger partial charge in [-0.25, -0.2) is 0 Å². The predicted octanol–water partition coefficient (Wildman–Crippen LogP) is 8.05. The molecule has 0 atom stereocenters. The minimum atomic E-state index is 0.399. The highest BCUT2D eigenvalue weighted by atomic mass is 15.2. The number of benzene rings is 2. The minimum absolute atomic E-state index is 0.399. The maximum absolute atomic E-state index is 4.47. The maximum Gasteiger partial charge on any atom is 0.0851 e. The Morgan fingerprint density at radius 1 is 0.688 bits per heavy atom. The number of nitrogens with zero attached hydrogens (tertiary/aromatic N) is 2. The predicted molar refractivity (Wildman–Crippen MR) is 141 cm³/mol. The van der Waals surface area contributed by atoms with Gasteiger partial charge in [0.05, 0.1) is 12.9 Å². The van der Waals surface area contributed by atoms with E-state index >= 15 is 0 Å². The SMILES string of the molecule is CC(C)c1cccc(C(C)C)c1C(CCN1C=NCC1)c1c(C(C)C)cccc1C(C)C.